The summed E-state index contributed by atoms with van der Waals surface area (Å²) in [6, 6.07) is 0. The highest BCUT2D eigenvalue weighted by Crippen LogP contribution is 2.51. The van der Waals surface area contributed by atoms with Gasteiger partial charge in [-0.15, -0.1) is 0 Å². The monoisotopic (exact) mass is 196 g/mol. The molecule has 2 nitrogen and oxygen atoms in total. The summed E-state index contributed by atoms with van der Waals surface area (Å²) >= 11 is 0. The molecule has 80 valence electrons. The second-order valence-electron chi connectivity index (χ2n) is 5.61. The van der Waals surface area contributed by atoms with Gasteiger partial charge in [0.25, 0.3) is 0 Å². The summed E-state index contributed by atoms with van der Waals surface area (Å²) in [6.07, 6.45) is 3.24. The Morgan fingerprint density at radius 3 is 2.29 bits per heavy atom. The first-order valence-corrected chi connectivity index (χ1v) is 5.43. The van der Waals surface area contributed by atoms with Crippen molar-refractivity contribution in [3.05, 3.63) is 11.6 Å². The highest BCUT2D eigenvalue weighted by atomic mass is 16.7. The van der Waals surface area contributed by atoms with Gasteiger partial charge in [0.2, 0.25) is 0 Å². The van der Waals surface area contributed by atoms with Crippen LogP contribution in [0.25, 0.3) is 0 Å². The first-order valence-electron chi connectivity index (χ1n) is 5.43. The molecule has 1 aliphatic carbocycles. The van der Waals surface area contributed by atoms with Gasteiger partial charge in [0.1, 0.15) is 0 Å². The zero-order valence-corrected chi connectivity index (χ0v) is 9.59. The summed E-state index contributed by atoms with van der Waals surface area (Å²) in [5.74, 6) is 0.284. The molecule has 0 amide bonds. The largest absolute Gasteiger partial charge is 0.345 e. The van der Waals surface area contributed by atoms with Gasteiger partial charge >= 0.3 is 0 Å². The van der Waals surface area contributed by atoms with Crippen LogP contribution >= 0.6 is 0 Å². The number of ether oxygens (including phenoxy) is 2. The van der Waals surface area contributed by atoms with Crippen molar-refractivity contribution in [1.82, 2.24) is 0 Å². The number of allylic oxidation sites excluding steroid dienone is 1. The predicted molar refractivity (Wildman–Crippen MR) is 56.0 cm³/mol. The Bertz CT molecular complexity index is 253. The van der Waals surface area contributed by atoms with E-state index in [9.17, 15) is 0 Å². The maximum absolute atomic E-state index is 5.81. The van der Waals surface area contributed by atoms with E-state index in [0.717, 1.165) is 19.6 Å². The molecule has 0 unspecified atom stereocenters. The molecule has 0 aromatic rings. The van der Waals surface area contributed by atoms with E-state index in [2.05, 4.69) is 33.8 Å². The minimum absolute atomic E-state index is 0.177. The van der Waals surface area contributed by atoms with E-state index in [4.69, 9.17) is 9.47 Å². The van der Waals surface area contributed by atoms with Crippen molar-refractivity contribution in [2.24, 2.45) is 11.3 Å². The minimum Gasteiger partial charge on any atom is -0.345 e. The van der Waals surface area contributed by atoms with Crippen LogP contribution in [0.15, 0.2) is 11.6 Å². The van der Waals surface area contributed by atoms with Crippen molar-refractivity contribution in [3.8, 4) is 0 Å². The standard InChI is InChI=1S/C12H20O2/c1-9(2)5-10-6-12(10)13-7-11(3,4)8-14-12/h5,9H,6-8H2,1-4H3. The van der Waals surface area contributed by atoms with E-state index < -0.39 is 0 Å². The lowest BCUT2D eigenvalue weighted by Gasteiger charge is -2.34. The van der Waals surface area contributed by atoms with Gasteiger partial charge in [0.05, 0.1) is 13.2 Å². The maximum Gasteiger partial charge on any atom is 0.194 e. The summed E-state index contributed by atoms with van der Waals surface area (Å²) in [7, 11) is 0. The van der Waals surface area contributed by atoms with Crippen molar-refractivity contribution in [3.63, 3.8) is 0 Å². The van der Waals surface area contributed by atoms with Crippen LogP contribution in [-0.2, 0) is 9.47 Å². The lowest BCUT2D eigenvalue weighted by molar-refractivity contribution is -0.233. The van der Waals surface area contributed by atoms with E-state index in [0.29, 0.717) is 5.92 Å². The van der Waals surface area contributed by atoms with Gasteiger partial charge in [-0.3, -0.25) is 0 Å². The van der Waals surface area contributed by atoms with Gasteiger partial charge in [-0.25, -0.2) is 0 Å². The van der Waals surface area contributed by atoms with E-state index in [1.807, 2.05) is 0 Å². The molecule has 14 heavy (non-hydrogen) atoms. The molecule has 1 aliphatic heterocycles. The van der Waals surface area contributed by atoms with Gasteiger partial charge in [-0.05, 0) is 11.5 Å². The SMILES string of the molecule is CC(C)C=C1CC12OCC(C)(C)CO2. The fraction of sp³-hybridized carbons (Fsp3) is 0.833. The van der Waals surface area contributed by atoms with Crippen molar-refractivity contribution < 1.29 is 9.47 Å². The third-order valence-electron chi connectivity index (χ3n) is 2.71. The Kier molecular flexibility index (Phi) is 2.24. The molecule has 0 aromatic carbocycles. The predicted octanol–water partition coefficient (Wildman–Crippen LogP) is 2.74. The highest BCUT2D eigenvalue weighted by molar-refractivity contribution is 5.33. The van der Waals surface area contributed by atoms with Crippen LogP contribution in [0.3, 0.4) is 0 Å². The smallest absolute Gasteiger partial charge is 0.194 e. The van der Waals surface area contributed by atoms with Gasteiger partial charge in [0, 0.05) is 11.8 Å². The molecular weight excluding hydrogens is 176 g/mol. The Morgan fingerprint density at radius 2 is 1.79 bits per heavy atom. The number of hydrogen-bond donors (Lipinski definition) is 0. The molecule has 0 N–H and O–H groups in total. The van der Waals surface area contributed by atoms with Crippen LogP contribution < -0.4 is 0 Å². The average Bonchev–Trinajstić information content (AvgIpc) is 2.71. The van der Waals surface area contributed by atoms with E-state index in [1.54, 1.807) is 0 Å². The summed E-state index contributed by atoms with van der Waals surface area (Å²) in [5, 5.41) is 0. The quantitative estimate of drug-likeness (QED) is 0.600. The summed E-state index contributed by atoms with van der Waals surface area (Å²) in [6.45, 7) is 10.3. The summed E-state index contributed by atoms with van der Waals surface area (Å²) < 4.78 is 11.6. The van der Waals surface area contributed by atoms with Crippen molar-refractivity contribution in [2.75, 3.05) is 13.2 Å². The van der Waals surface area contributed by atoms with Crippen LogP contribution in [0.2, 0.25) is 0 Å². The molecule has 0 bridgehead atoms. The molecule has 2 rings (SSSR count). The van der Waals surface area contributed by atoms with E-state index in [-0.39, 0.29) is 11.2 Å². The Balaban J connectivity index is 1.98. The average molecular weight is 196 g/mol. The minimum atomic E-state index is -0.306. The highest BCUT2D eigenvalue weighted by Gasteiger charge is 2.55. The third-order valence-corrected chi connectivity index (χ3v) is 2.71. The summed E-state index contributed by atoms with van der Waals surface area (Å²) in [5.41, 5.74) is 1.51. The van der Waals surface area contributed by atoms with Crippen LogP contribution in [0.4, 0.5) is 0 Å². The molecule has 1 saturated heterocycles. The number of rotatable bonds is 1. The fourth-order valence-electron chi connectivity index (χ4n) is 1.79. The molecule has 2 heteroatoms. The van der Waals surface area contributed by atoms with Crippen molar-refractivity contribution in [1.29, 1.82) is 0 Å². The van der Waals surface area contributed by atoms with Crippen molar-refractivity contribution >= 4 is 0 Å². The topological polar surface area (TPSA) is 18.5 Å². The van der Waals surface area contributed by atoms with E-state index >= 15 is 0 Å². The Morgan fingerprint density at radius 1 is 1.21 bits per heavy atom. The molecule has 1 heterocycles. The van der Waals surface area contributed by atoms with Gasteiger partial charge in [0.15, 0.2) is 5.79 Å². The molecule has 0 radical (unpaired) electrons. The van der Waals surface area contributed by atoms with Crippen LogP contribution in [0.1, 0.15) is 34.1 Å². The molecule has 1 spiro atoms. The number of hydrogen-bond acceptors (Lipinski definition) is 2. The molecule has 2 aliphatic rings. The Hall–Kier alpha value is -0.340. The van der Waals surface area contributed by atoms with Gasteiger partial charge in [-0.1, -0.05) is 33.8 Å². The zero-order chi connectivity index (χ0) is 10.4. The third kappa shape index (κ3) is 1.86. The molecular formula is C12H20O2. The first kappa shape index (κ1) is 10.2. The van der Waals surface area contributed by atoms with Crippen LogP contribution in [-0.4, -0.2) is 19.0 Å². The summed E-state index contributed by atoms with van der Waals surface area (Å²) in [4.78, 5) is 0. The van der Waals surface area contributed by atoms with E-state index in [1.165, 1.54) is 5.57 Å². The molecule has 0 aromatic heterocycles. The normalized spacial score (nSPS) is 31.4. The second-order valence-corrected chi connectivity index (χ2v) is 5.61. The Labute approximate surface area is 86.3 Å². The lowest BCUT2D eigenvalue weighted by atomic mass is 9.95. The first-order chi connectivity index (χ1) is 6.44. The van der Waals surface area contributed by atoms with Crippen LogP contribution in [0, 0.1) is 11.3 Å². The van der Waals surface area contributed by atoms with Crippen molar-refractivity contribution in [2.45, 2.75) is 39.9 Å². The maximum atomic E-state index is 5.81. The zero-order valence-electron chi connectivity index (χ0n) is 9.59. The fourth-order valence-corrected chi connectivity index (χ4v) is 1.79. The second kappa shape index (κ2) is 3.07. The molecule has 2 fully saturated rings. The molecule has 0 atom stereocenters. The molecule has 1 saturated carbocycles. The van der Waals surface area contributed by atoms with Gasteiger partial charge in [-0.2, -0.15) is 0 Å². The van der Waals surface area contributed by atoms with Gasteiger partial charge < -0.3 is 9.47 Å². The lowest BCUT2D eigenvalue weighted by Crippen LogP contribution is -2.39. The van der Waals surface area contributed by atoms with Crippen LogP contribution in [0.5, 0.6) is 0 Å².